The van der Waals surface area contributed by atoms with Crippen LogP contribution in [0.5, 0.6) is 5.88 Å². The minimum absolute atomic E-state index is 0.0176. The number of methoxy groups -OCH3 is 1. The molecule has 1 aliphatic heterocycles. The number of aromatic nitrogens is 1. The van der Waals surface area contributed by atoms with Crippen LogP contribution in [0, 0.1) is 0 Å². The Bertz CT molecular complexity index is 1390. The monoisotopic (exact) mass is 633 g/mol. The number of hydrogen-bond donors (Lipinski definition) is 1. The van der Waals surface area contributed by atoms with E-state index in [0.717, 1.165) is 15.6 Å². The van der Waals surface area contributed by atoms with Crippen molar-refractivity contribution in [3.05, 3.63) is 68.6 Å². The van der Waals surface area contributed by atoms with Gasteiger partial charge in [-0.15, -0.1) is 0 Å². The third-order valence-electron chi connectivity index (χ3n) is 6.19. The fourth-order valence-electron chi connectivity index (χ4n) is 4.38. The molecule has 2 heterocycles. The van der Waals surface area contributed by atoms with Gasteiger partial charge in [0.1, 0.15) is 5.60 Å². The van der Waals surface area contributed by atoms with Crippen LogP contribution in [-0.2, 0) is 16.1 Å². The number of nitrogens with zero attached hydrogens (tertiary/aromatic N) is 2. The van der Waals surface area contributed by atoms with E-state index < -0.39 is 11.7 Å². The van der Waals surface area contributed by atoms with Crippen molar-refractivity contribution >= 4 is 51.1 Å². The summed E-state index contributed by atoms with van der Waals surface area (Å²) in [5, 5.41) is 3.99. The number of pyridine rings is 1. The Hall–Kier alpha value is -2.81. The lowest BCUT2D eigenvalue weighted by Gasteiger charge is -2.29. The summed E-state index contributed by atoms with van der Waals surface area (Å²) in [7, 11) is 1.53. The maximum Gasteiger partial charge on any atom is 0.410 e. The average Bonchev–Trinajstić information content (AvgIpc) is 3.29. The molecule has 1 saturated heterocycles. The van der Waals surface area contributed by atoms with E-state index in [1.54, 1.807) is 4.90 Å². The molecule has 4 rings (SSSR count). The summed E-state index contributed by atoms with van der Waals surface area (Å²) in [5.41, 5.74) is 2.93. The topological polar surface area (TPSA) is 80.8 Å². The Morgan fingerprint density at radius 3 is 2.38 bits per heavy atom. The first-order valence-corrected chi connectivity index (χ1v) is 14.1. The summed E-state index contributed by atoms with van der Waals surface area (Å²) in [6.45, 7) is 5.95. The van der Waals surface area contributed by atoms with E-state index in [4.69, 9.17) is 37.7 Å². The smallest absolute Gasteiger partial charge is 0.410 e. The van der Waals surface area contributed by atoms with Crippen molar-refractivity contribution in [1.82, 2.24) is 15.2 Å². The van der Waals surface area contributed by atoms with Crippen molar-refractivity contribution in [2.45, 2.75) is 51.8 Å². The van der Waals surface area contributed by atoms with Crippen molar-refractivity contribution < 1.29 is 19.1 Å². The molecule has 0 spiro atoms. The van der Waals surface area contributed by atoms with E-state index in [-0.39, 0.29) is 18.5 Å². The van der Waals surface area contributed by atoms with Gasteiger partial charge in [-0.1, -0.05) is 53.5 Å². The quantitative estimate of drug-likeness (QED) is 0.291. The molecule has 0 aliphatic carbocycles. The standard InChI is InChI=1S/C29H30BrCl2N3O4/c1-29(2,3)39-28(37)35(16-18-12-14-24(36)33-18)15-17-11-13-23(34-27(17)38-4)21-9-5-7-19(25(21)31)20-8-6-10-22(30)26(20)32/h5-11,13,18H,12,14-16H2,1-4H3,(H,33,36)/t18-/m0/s1. The number of halogens is 3. The van der Waals surface area contributed by atoms with Gasteiger partial charge in [0.15, 0.2) is 0 Å². The van der Waals surface area contributed by atoms with E-state index in [1.807, 2.05) is 69.3 Å². The average molecular weight is 635 g/mol. The van der Waals surface area contributed by atoms with Crippen LogP contribution in [0.2, 0.25) is 10.0 Å². The molecule has 2 aromatic carbocycles. The molecule has 39 heavy (non-hydrogen) atoms. The highest BCUT2D eigenvalue weighted by Gasteiger charge is 2.29. The molecular weight excluding hydrogens is 605 g/mol. The first kappa shape index (κ1) is 29.2. The zero-order valence-electron chi connectivity index (χ0n) is 22.2. The maximum absolute atomic E-state index is 13.1. The second-order valence-electron chi connectivity index (χ2n) is 10.3. The van der Waals surface area contributed by atoms with Crippen LogP contribution >= 0.6 is 39.1 Å². The second-order valence-corrected chi connectivity index (χ2v) is 11.9. The predicted molar refractivity (Wildman–Crippen MR) is 157 cm³/mol. The van der Waals surface area contributed by atoms with E-state index in [2.05, 4.69) is 21.2 Å². The van der Waals surface area contributed by atoms with Gasteiger partial charge < -0.3 is 19.7 Å². The Morgan fingerprint density at radius 1 is 1.08 bits per heavy atom. The number of benzene rings is 2. The van der Waals surface area contributed by atoms with E-state index in [1.165, 1.54) is 7.11 Å². The minimum atomic E-state index is -0.667. The first-order chi connectivity index (χ1) is 18.5. The molecule has 1 aromatic heterocycles. The lowest BCUT2D eigenvalue weighted by molar-refractivity contribution is -0.119. The largest absolute Gasteiger partial charge is 0.481 e. The molecule has 7 nitrogen and oxygen atoms in total. The third-order valence-corrected chi connectivity index (χ3v) is 7.89. The highest BCUT2D eigenvalue weighted by Crippen LogP contribution is 2.41. The third kappa shape index (κ3) is 7.04. The van der Waals surface area contributed by atoms with Gasteiger partial charge in [-0.25, -0.2) is 9.78 Å². The molecule has 206 valence electrons. The Labute approximate surface area is 246 Å². The molecule has 0 radical (unpaired) electrons. The summed E-state index contributed by atoms with van der Waals surface area (Å²) in [6.07, 6.45) is 0.622. The van der Waals surface area contributed by atoms with Gasteiger partial charge >= 0.3 is 6.09 Å². The Kier molecular flexibility index (Phi) is 9.09. The fourth-order valence-corrected chi connectivity index (χ4v) is 5.30. The highest BCUT2D eigenvalue weighted by atomic mass is 79.9. The van der Waals surface area contributed by atoms with Crippen LogP contribution in [0.25, 0.3) is 22.4 Å². The SMILES string of the molecule is COc1nc(-c2cccc(-c3cccc(Br)c3Cl)c2Cl)ccc1CN(C[C@@H]1CCC(=O)N1)C(=O)OC(C)(C)C. The van der Waals surface area contributed by atoms with Crippen molar-refractivity contribution in [2.75, 3.05) is 13.7 Å². The van der Waals surface area contributed by atoms with Gasteiger partial charge in [-0.2, -0.15) is 0 Å². The zero-order valence-corrected chi connectivity index (χ0v) is 25.3. The number of hydrogen-bond acceptors (Lipinski definition) is 5. The molecular formula is C29H30BrCl2N3O4. The molecule has 1 N–H and O–H groups in total. The molecule has 1 fully saturated rings. The van der Waals surface area contributed by atoms with Crippen LogP contribution in [-0.4, -0.2) is 47.2 Å². The molecule has 2 amide bonds. The van der Waals surface area contributed by atoms with Gasteiger partial charge in [0, 0.05) is 45.7 Å². The van der Waals surface area contributed by atoms with Crippen LogP contribution < -0.4 is 10.1 Å². The van der Waals surface area contributed by atoms with Gasteiger partial charge in [0.25, 0.3) is 0 Å². The van der Waals surface area contributed by atoms with Gasteiger partial charge in [0.2, 0.25) is 11.8 Å². The summed E-state index contributed by atoms with van der Waals surface area (Å²) in [4.78, 5) is 31.1. The number of amides is 2. The van der Waals surface area contributed by atoms with Gasteiger partial charge in [-0.3, -0.25) is 4.79 Å². The van der Waals surface area contributed by atoms with Crippen molar-refractivity contribution in [3.63, 3.8) is 0 Å². The summed E-state index contributed by atoms with van der Waals surface area (Å²) in [5.74, 6) is 0.342. The molecule has 1 aliphatic rings. The molecule has 1 atom stereocenters. The number of ether oxygens (including phenoxy) is 2. The summed E-state index contributed by atoms with van der Waals surface area (Å²) in [6, 6.07) is 14.9. The van der Waals surface area contributed by atoms with Gasteiger partial charge in [0.05, 0.1) is 29.4 Å². The molecule has 10 heteroatoms. The number of rotatable bonds is 7. The lowest BCUT2D eigenvalue weighted by atomic mass is 10.0. The van der Waals surface area contributed by atoms with Crippen LogP contribution in [0.3, 0.4) is 0 Å². The molecule has 3 aromatic rings. The normalized spacial score (nSPS) is 15.2. The fraction of sp³-hybridized carbons (Fsp3) is 0.345. The zero-order chi connectivity index (χ0) is 28.3. The van der Waals surface area contributed by atoms with E-state index in [9.17, 15) is 9.59 Å². The Morgan fingerprint density at radius 2 is 1.74 bits per heavy atom. The predicted octanol–water partition coefficient (Wildman–Crippen LogP) is 7.51. The van der Waals surface area contributed by atoms with E-state index >= 15 is 0 Å². The molecule has 0 unspecified atom stereocenters. The van der Waals surface area contributed by atoms with Crippen molar-refractivity contribution in [3.8, 4) is 28.3 Å². The number of nitrogens with one attached hydrogen (secondary N) is 1. The molecule has 0 bridgehead atoms. The van der Waals surface area contributed by atoms with E-state index in [0.29, 0.717) is 52.1 Å². The molecule has 0 saturated carbocycles. The number of carbonyl (C=O) groups is 2. The Balaban J connectivity index is 1.65. The van der Waals surface area contributed by atoms with Crippen LogP contribution in [0.15, 0.2) is 53.0 Å². The maximum atomic E-state index is 13.1. The summed E-state index contributed by atoms with van der Waals surface area (Å²) >= 11 is 16.9. The van der Waals surface area contributed by atoms with Crippen LogP contribution in [0.1, 0.15) is 39.2 Å². The number of carbonyl (C=O) groups excluding carboxylic acids is 2. The minimum Gasteiger partial charge on any atom is -0.481 e. The highest BCUT2D eigenvalue weighted by molar-refractivity contribution is 9.10. The van der Waals surface area contributed by atoms with Gasteiger partial charge in [-0.05, 0) is 61.3 Å². The summed E-state index contributed by atoms with van der Waals surface area (Å²) < 4.78 is 12.1. The van der Waals surface area contributed by atoms with Crippen molar-refractivity contribution in [1.29, 1.82) is 0 Å². The lowest BCUT2D eigenvalue weighted by Crippen LogP contribution is -2.43. The first-order valence-electron chi connectivity index (χ1n) is 12.5. The van der Waals surface area contributed by atoms with Crippen LogP contribution in [0.4, 0.5) is 4.79 Å². The van der Waals surface area contributed by atoms with Crippen molar-refractivity contribution in [2.24, 2.45) is 0 Å². The second kappa shape index (κ2) is 12.1.